The average molecular weight is 304 g/mol. The smallest absolute Gasteiger partial charge is 0.225 e. The number of rotatable bonds is 4. The second-order valence-corrected chi connectivity index (χ2v) is 6.03. The lowest BCUT2D eigenvalue weighted by Gasteiger charge is -2.38. The normalized spacial score (nSPS) is 21.9. The van der Waals surface area contributed by atoms with Crippen molar-refractivity contribution in [2.45, 2.75) is 38.8 Å². The van der Waals surface area contributed by atoms with Gasteiger partial charge in [0.2, 0.25) is 11.8 Å². The second-order valence-electron chi connectivity index (χ2n) is 6.03. The first kappa shape index (κ1) is 16.3. The van der Waals surface area contributed by atoms with Crippen LogP contribution in [0.3, 0.4) is 0 Å². The summed E-state index contributed by atoms with van der Waals surface area (Å²) in [6, 6.07) is 7.43. The van der Waals surface area contributed by atoms with Gasteiger partial charge in [-0.05, 0) is 38.0 Å². The molecule has 2 rings (SSSR count). The highest BCUT2D eigenvalue weighted by molar-refractivity contribution is 5.85. The summed E-state index contributed by atoms with van der Waals surface area (Å²) in [4.78, 5) is 26.2. The van der Waals surface area contributed by atoms with E-state index in [4.69, 9.17) is 4.74 Å². The van der Waals surface area contributed by atoms with Crippen molar-refractivity contribution >= 4 is 11.8 Å². The van der Waals surface area contributed by atoms with Crippen LogP contribution in [0.2, 0.25) is 0 Å². The minimum absolute atomic E-state index is 0.00941. The van der Waals surface area contributed by atoms with Crippen LogP contribution in [0.25, 0.3) is 0 Å². The minimum atomic E-state index is -0.231. The molecule has 0 bridgehead atoms. The number of benzene rings is 1. The standard InChI is InChI=1S/C17H24N2O3/c1-11(2)18-17(21)14-9-10-15(20)19(3)16(14)12-5-7-13(22-4)8-6-12/h5-8,11,14,16H,9-10H2,1-4H3,(H,18,21)/t14-,16-/m1/s1. The number of amides is 2. The van der Waals surface area contributed by atoms with E-state index in [0.717, 1.165) is 11.3 Å². The summed E-state index contributed by atoms with van der Waals surface area (Å²) in [5, 5.41) is 2.97. The van der Waals surface area contributed by atoms with Gasteiger partial charge >= 0.3 is 0 Å². The summed E-state index contributed by atoms with van der Waals surface area (Å²) >= 11 is 0. The van der Waals surface area contributed by atoms with Gasteiger partial charge in [-0.3, -0.25) is 9.59 Å². The molecule has 1 aliphatic rings. The van der Waals surface area contributed by atoms with Gasteiger partial charge in [0.1, 0.15) is 5.75 Å². The summed E-state index contributed by atoms with van der Waals surface area (Å²) in [6.45, 7) is 3.88. The first-order chi connectivity index (χ1) is 10.4. The van der Waals surface area contributed by atoms with Crippen molar-refractivity contribution in [1.82, 2.24) is 10.2 Å². The van der Waals surface area contributed by atoms with Crippen LogP contribution >= 0.6 is 0 Å². The minimum Gasteiger partial charge on any atom is -0.497 e. The fourth-order valence-electron chi connectivity index (χ4n) is 2.96. The number of piperidine rings is 1. The zero-order valence-corrected chi connectivity index (χ0v) is 13.6. The molecule has 120 valence electrons. The topological polar surface area (TPSA) is 58.6 Å². The highest BCUT2D eigenvalue weighted by Gasteiger charge is 2.38. The Bertz CT molecular complexity index is 539. The Labute approximate surface area is 131 Å². The van der Waals surface area contributed by atoms with Gasteiger partial charge in [0.05, 0.1) is 19.1 Å². The van der Waals surface area contributed by atoms with Gasteiger partial charge in [0, 0.05) is 19.5 Å². The maximum absolute atomic E-state index is 12.5. The van der Waals surface area contributed by atoms with E-state index in [1.54, 1.807) is 19.1 Å². The van der Waals surface area contributed by atoms with Crippen LogP contribution in [0, 0.1) is 5.92 Å². The molecular weight excluding hydrogens is 280 g/mol. The molecule has 1 aromatic carbocycles. The molecule has 1 saturated heterocycles. The molecule has 22 heavy (non-hydrogen) atoms. The Morgan fingerprint density at radius 1 is 1.32 bits per heavy atom. The van der Waals surface area contributed by atoms with Crippen LogP contribution in [0.5, 0.6) is 5.75 Å². The van der Waals surface area contributed by atoms with Gasteiger partial charge in [0.25, 0.3) is 0 Å². The van der Waals surface area contributed by atoms with Crippen molar-refractivity contribution in [3.05, 3.63) is 29.8 Å². The molecule has 1 N–H and O–H groups in total. The summed E-state index contributed by atoms with van der Waals surface area (Å²) < 4.78 is 5.17. The first-order valence-electron chi connectivity index (χ1n) is 7.64. The van der Waals surface area contributed by atoms with Crippen LogP contribution in [-0.2, 0) is 9.59 Å². The maximum Gasteiger partial charge on any atom is 0.225 e. The fourth-order valence-corrected chi connectivity index (χ4v) is 2.96. The molecule has 0 radical (unpaired) electrons. The van der Waals surface area contributed by atoms with Crippen LogP contribution in [0.1, 0.15) is 38.3 Å². The van der Waals surface area contributed by atoms with Gasteiger partial charge in [-0.15, -0.1) is 0 Å². The number of carbonyl (C=O) groups excluding carboxylic acids is 2. The Morgan fingerprint density at radius 2 is 1.95 bits per heavy atom. The van der Waals surface area contributed by atoms with Crippen molar-refractivity contribution in [2.24, 2.45) is 5.92 Å². The zero-order chi connectivity index (χ0) is 16.3. The van der Waals surface area contributed by atoms with E-state index < -0.39 is 0 Å². The van der Waals surface area contributed by atoms with Crippen molar-refractivity contribution in [3.8, 4) is 5.75 Å². The Kier molecular flexibility index (Phi) is 5.06. The molecule has 2 atom stereocenters. The van der Waals surface area contributed by atoms with Crippen LogP contribution in [0.15, 0.2) is 24.3 Å². The average Bonchev–Trinajstić information content (AvgIpc) is 2.49. The number of hydrogen-bond acceptors (Lipinski definition) is 3. The number of nitrogens with zero attached hydrogens (tertiary/aromatic N) is 1. The number of ether oxygens (including phenoxy) is 1. The Hall–Kier alpha value is -2.04. The monoisotopic (exact) mass is 304 g/mol. The van der Waals surface area contributed by atoms with Crippen molar-refractivity contribution in [3.63, 3.8) is 0 Å². The molecule has 0 aliphatic carbocycles. The third-order valence-electron chi connectivity index (χ3n) is 4.09. The van der Waals surface area contributed by atoms with E-state index in [0.29, 0.717) is 12.8 Å². The molecule has 2 amide bonds. The van der Waals surface area contributed by atoms with Crippen molar-refractivity contribution < 1.29 is 14.3 Å². The van der Waals surface area contributed by atoms with Crippen LogP contribution in [0.4, 0.5) is 0 Å². The highest BCUT2D eigenvalue weighted by atomic mass is 16.5. The summed E-state index contributed by atoms with van der Waals surface area (Å²) in [6.07, 6.45) is 0.998. The first-order valence-corrected chi connectivity index (χ1v) is 7.64. The largest absolute Gasteiger partial charge is 0.497 e. The van der Waals surface area contributed by atoms with Gasteiger partial charge < -0.3 is 15.0 Å². The molecular formula is C17H24N2O3. The predicted octanol–water partition coefficient (Wildman–Crippen LogP) is 2.13. The van der Waals surface area contributed by atoms with Crippen molar-refractivity contribution in [1.29, 1.82) is 0 Å². The molecule has 1 aromatic rings. The van der Waals surface area contributed by atoms with Crippen molar-refractivity contribution in [2.75, 3.05) is 14.2 Å². The molecule has 1 fully saturated rings. The van der Waals surface area contributed by atoms with Crippen LogP contribution in [-0.4, -0.2) is 36.9 Å². The van der Waals surface area contributed by atoms with Crippen LogP contribution < -0.4 is 10.1 Å². The molecule has 0 unspecified atom stereocenters. The van der Waals surface area contributed by atoms with Gasteiger partial charge in [-0.2, -0.15) is 0 Å². The Balaban J connectivity index is 2.30. The third-order valence-corrected chi connectivity index (χ3v) is 4.09. The maximum atomic E-state index is 12.5. The number of carbonyl (C=O) groups is 2. The molecule has 1 heterocycles. The molecule has 0 aromatic heterocycles. The van der Waals surface area contributed by atoms with Gasteiger partial charge in [-0.25, -0.2) is 0 Å². The molecule has 1 aliphatic heterocycles. The van der Waals surface area contributed by atoms with Gasteiger partial charge in [0.15, 0.2) is 0 Å². The summed E-state index contributed by atoms with van der Waals surface area (Å²) in [5.41, 5.74) is 0.959. The lowest BCUT2D eigenvalue weighted by atomic mass is 9.84. The van der Waals surface area contributed by atoms with E-state index in [-0.39, 0.29) is 29.8 Å². The Morgan fingerprint density at radius 3 is 2.50 bits per heavy atom. The second kappa shape index (κ2) is 6.81. The van der Waals surface area contributed by atoms with E-state index in [2.05, 4.69) is 5.32 Å². The molecule has 5 nitrogen and oxygen atoms in total. The fraction of sp³-hybridized carbons (Fsp3) is 0.529. The number of hydrogen-bond donors (Lipinski definition) is 1. The van der Waals surface area contributed by atoms with Gasteiger partial charge in [-0.1, -0.05) is 12.1 Å². The number of likely N-dealkylation sites (tertiary alicyclic amines) is 1. The lowest BCUT2D eigenvalue weighted by molar-refractivity contribution is -0.141. The highest BCUT2D eigenvalue weighted by Crippen LogP contribution is 2.36. The van der Waals surface area contributed by atoms with E-state index in [9.17, 15) is 9.59 Å². The number of methoxy groups -OCH3 is 1. The third kappa shape index (κ3) is 3.40. The predicted molar refractivity (Wildman–Crippen MR) is 84.5 cm³/mol. The quantitative estimate of drug-likeness (QED) is 0.927. The molecule has 0 spiro atoms. The summed E-state index contributed by atoms with van der Waals surface area (Å²) in [5.74, 6) is 0.625. The summed E-state index contributed by atoms with van der Waals surface area (Å²) in [7, 11) is 3.39. The SMILES string of the molecule is COc1ccc([C@@H]2[C@H](C(=O)NC(C)C)CCC(=O)N2C)cc1. The molecule has 0 saturated carbocycles. The zero-order valence-electron chi connectivity index (χ0n) is 13.6. The van der Waals surface area contributed by atoms with E-state index in [1.807, 2.05) is 38.1 Å². The number of nitrogens with one attached hydrogen (secondary N) is 1. The van der Waals surface area contributed by atoms with E-state index in [1.165, 1.54) is 0 Å². The lowest BCUT2D eigenvalue weighted by Crippen LogP contribution is -2.47. The van der Waals surface area contributed by atoms with E-state index >= 15 is 0 Å². The molecule has 5 heteroatoms.